The van der Waals surface area contributed by atoms with Crippen molar-refractivity contribution < 1.29 is 18.3 Å². The van der Waals surface area contributed by atoms with Crippen molar-refractivity contribution in [1.82, 2.24) is 0 Å². The maximum Gasteiger partial charge on any atom is 0.149 e. The number of halogens is 2. The van der Waals surface area contributed by atoms with E-state index in [0.29, 0.717) is 37.8 Å². The maximum absolute atomic E-state index is 14.8. The van der Waals surface area contributed by atoms with Gasteiger partial charge in [0.25, 0.3) is 0 Å². The molecule has 0 aliphatic carbocycles. The molecule has 0 aromatic heterocycles. The van der Waals surface area contributed by atoms with Crippen LogP contribution in [0.15, 0.2) is 34.1 Å². The van der Waals surface area contributed by atoms with E-state index >= 15 is 0 Å². The van der Waals surface area contributed by atoms with Crippen LogP contribution < -0.4 is 15.1 Å². The summed E-state index contributed by atoms with van der Waals surface area (Å²) in [6, 6.07) is 6.98. The third kappa shape index (κ3) is 3.29. The van der Waals surface area contributed by atoms with E-state index in [1.54, 1.807) is 0 Å². The van der Waals surface area contributed by atoms with Gasteiger partial charge in [-0.3, -0.25) is 0 Å². The van der Waals surface area contributed by atoms with Crippen LogP contribution in [0.3, 0.4) is 0 Å². The van der Waals surface area contributed by atoms with Gasteiger partial charge in [-0.2, -0.15) is 0 Å². The molecule has 2 fully saturated rings. The Bertz CT molecular complexity index is 828. The summed E-state index contributed by atoms with van der Waals surface area (Å²) < 4.78 is 40.4. The fourth-order valence-corrected chi connectivity index (χ4v) is 4.89. The Balaban J connectivity index is 1.48. The Morgan fingerprint density at radius 3 is 1.57 bits per heavy atom. The average Bonchev–Trinajstić information content (AvgIpc) is 2.74. The molecule has 28 heavy (non-hydrogen) atoms. The molecule has 3 aliphatic rings. The third-order valence-electron chi connectivity index (χ3n) is 5.30. The number of fused-ring (bicyclic) bond motifs is 2. The van der Waals surface area contributed by atoms with Crippen LogP contribution in [0.1, 0.15) is 0 Å². The van der Waals surface area contributed by atoms with Crippen LogP contribution in [0.2, 0.25) is 0 Å². The van der Waals surface area contributed by atoms with Gasteiger partial charge in [0.15, 0.2) is 0 Å². The Hall–Kier alpha value is -2.03. The highest BCUT2D eigenvalue weighted by molar-refractivity contribution is 7.99. The zero-order valence-corrected chi connectivity index (χ0v) is 16.2. The average molecular weight is 405 g/mol. The van der Waals surface area contributed by atoms with E-state index in [0.717, 1.165) is 47.3 Å². The summed E-state index contributed by atoms with van der Waals surface area (Å²) in [5.41, 5.74) is 2.35. The second kappa shape index (κ2) is 7.42. The lowest BCUT2D eigenvalue weighted by molar-refractivity contribution is 0.122. The van der Waals surface area contributed by atoms with Crippen LogP contribution >= 0.6 is 11.8 Å². The minimum absolute atomic E-state index is 0.340. The van der Waals surface area contributed by atoms with Crippen LogP contribution in [0, 0.1) is 11.6 Å². The Labute approximate surface area is 166 Å². The van der Waals surface area contributed by atoms with E-state index in [1.165, 1.54) is 23.9 Å². The minimum Gasteiger partial charge on any atom is -0.378 e. The molecular formula is C20H21F2N3O2S. The van der Waals surface area contributed by atoms with Gasteiger partial charge in [-0.05, 0) is 24.3 Å². The molecule has 0 radical (unpaired) electrons. The summed E-state index contributed by atoms with van der Waals surface area (Å²) in [6.45, 7) is 5.51. The zero-order chi connectivity index (χ0) is 19.1. The lowest BCUT2D eigenvalue weighted by Crippen LogP contribution is -2.36. The SMILES string of the molecule is Fc1cc(N2CCOCC2)cc2c1Nc1c(F)cc(N3CCOCC3)cc1S2. The van der Waals surface area contributed by atoms with E-state index in [4.69, 9.17) is 9.47 Å². The highest BCUT2D eigenvalue weighted by Crippen LogP contribution is 2.48. The first-order valence-corrected chi connectivity index (χ1v) is 10.3. The van der Waals surface area contributed by atoms with E-state index < -0.39 is 0 Å². The van der Waals surface area contributed by atoms with Gasteiger partial charge in [0.2, 0.25) is 0 Å². The Morgan fingerprint density at radius 2 is 1.14 bits per heavy atom. The van der Waals surface area contributed by atoms with Gasteiger partial charge in [-0.25, -0.2) is 8.78 Å². The summed E-state index contributed by atoms with van der Waals surface area (Å²) in [5.74, 6) is -0.734. The van der Waals surface area contributed by atoms with E-state index in [1.807, 2.05) is 12.1 Å². The van der Waals surface area contributed by atoms with Crippen LogP contribution in [0.5, 0.6) is 0 Å². The van der Waals surface area contributed by atoms with Crippen molar-refractivity contribution in [3.63, 3.8) is 0 Å². The molecule has 1 N–H and O–H groups in total. The molecule has 2 aromatic carbocycles. The molecule has 0 saturated carbocycles. The van der Waals surface area contributed by atoms with Gasteiger partial charge in [-0.1, -0.05) is 11.8 Å². The highest BCUT2D eigenvalue weighted by atomic mass is 32.2. The summed E-state index contributed by atoms with van der Waals surface area (Å²) in [6.07, 6.45) is 0. The van der Waals surface area contributed by atoms with Crippen molar-refractivity contribution in [3.8, 4) is 0 Å². The van der Waals surface area contributed by atoms with E-state index in [-0.39, 0.29) is 11.6 Å². The van der Waals surface area contributed by atoms with Gasteiger partial charge >= 0.3 is 0 Å². The standard InChI is InChI=1S/C20H21F2N3O2S/c21-15-9-13(24-1-5-26-6-2-24)11-17-19(15)23-20-16(22)10-14(12-18(20)28-17)25-3-7-27-8-4-25/h9-12,23H,1-8H2. The number of hydrogen-bond donors (Lipinski definition) is 1. The summed E-state index contributed by atoms with van der Waals surface area (Å²) in [5, 5.41) is 2.98. The van der Waals surface area contributed by atoms with Crippen LogP contribution in [-0.4, -0.2) is 52.6 Å². The van der Waals surface area contributed by atoms with Crippen molar-refractivity contribution in [2.24, 2.45) is 0 Å². The molecule has 0 spiro atoms. The molecule has 0 atom stereocenters. The highest BCUT2D eigenvalue weighted by Gasteiger charge is 2.26. The predicted octanol–water partition coefficient (Wildman–Crippen LogP) is 3.85. The summed E-state index contributed by atoms with van der Waals surface area (Å²) in [4.78, 5) is 5.78. The minimum atomic E-state index is -0.367. The molecule has 2 aromatic rings. The predicted molar refractivity (Wildman–Crippen MR) is 106 cm³/mol. The number of nitrogens with one attached hydrogen (secondary N) is 1. The molecule has 0 unspecified atom stereocenters. The number of nitrogens with zero attached hydrogens (tertiary/aromatic N) is 2. The van der Waals surface area contributed by atoms with Gasteiger partial charge < -0.3 is 24.6 Å². The monoisotopic (exact) mass is 405 g/mol. The van der Waals surface area contributed by atoms with Crippen molar-refractivity contribution >= 4 is 34.5 Å². The third-order valence-corrected chi connectivity index (χ3v) is 6.38. The van der Waals surface area contributed by atoms with Crippen molar-refractivity contribution in [3.05, 3.63) is 35.9 Å². The number of anilines is 4. The first kappa shape index (κ1) is 18.0. The number of rotatable bonds is 2. The van der Waals surface area contributed by atoms with Gasteiger partial charge in [0, 0.05) is 47.3 Å². The van der Waals surface area contributed by atoms with Crippen molar-refractivity contribution in [2.45, 2.75) is 9.79 Å². The van der Waals surface area contributed by atoms with Crippen molar-refractivity contribution in [2.75, 3.05) is 67.7 Å². The van der Waals surface area contributed by atoms with Gasteiger partial charge in [0.05, 0.1) is 37.8 Å². The normalized spacial score (nSPS) is 19.1. The first-order valence-electron chi connectivity index (χ1n) is 9.46. The van der Waals surface area contributed by atoms with E-state index in [2.05, 4.69) is 15.1 Å². The topological polar surface area (TPSA) is 37.0 Å². The largest absolute Gasteiger partial charge is 0.378 e. The molecule has 3 heterocycles. The fourth-order valence-electron chi connectivity index (χ4n) is 3.79. The maximum atomic E-state index is 14.8. The molecule has 0 amide bonds. The molecule has 148 valence electrons. The Kier molecular flexibility index (Phi) is 4.78. The van der Waals surface area contributed by atoms with Crippen LogP contribution in [0.25, 0.3) is 0 Å². The number of hydrogen-bond acceptors (Lipinski definition) is 6. The van der Waals surface area contributed by atoms with Crippen molar-refractivity contribution in [1.29, 1.82) is 0 Å². The molecule has 3 aliphatic heterocycles. The van der Waals surface area contributed by atoms with Gasteiger partial charge in [0.1, 0.15) is 11.6 Å². The lowest BCUT2D eigenvalue weighted by Gasteiger charge is -2.32. The molecule has 5 nitrogen and oxygen atoms in total. The zero-order valence-electron chi connectivity index (χ0n) is 15.3. The van der Waals surface area contributed by atoms with E-state index in [9.17, 15) is 8.78 Å². The smallest absolute Gasteiger partial charge is 0.149 e. The second-order valence-corrected chi connectivity index (χ2v) is 8.11. The quantitative estimate of drug-likeness (QED) is 0.698. The second-order valence-electron chi connectivity index (χ2n) is 7.03. The molecule has 0 bridgehead atoms. The van der Waals surface area contributed by atoms with Crippen LogP contribution in [0.4, 0.5) is 31.5 Å². The number of morpholine rings is 2. The molecule has 8 heteroatoms. The summed E-state index contributed by atoms with van der Waals surface area (Å²) >= 11 is 1.41. The fraction of sp³-hybridized carbons (Fsp3) is 0.400. The number of benzene rings is 2. The lowest BCUT2D eigenvalue weighted by atomic mass is 10.2. The number of ether oxygens (including phenoxy) is 2. The van der Waals surface area contributed by atoms with Crippen LogP contribution in [-0.2, 0) is 9.47 Å². The molecule has 2 saturated heterocycles. The first-order chi connectivity index (χ1) is 13.7. The summed E-state index contributed by atoms with van der Waals surface area (Å²) in [7, 11) is 0. The Morgan fingerprint density at radius 1 is 0.714 bits per heavy atom. The molecule has 5 rings (SSSR count). The van der Waals surface area contributed by atoms with Gasteiger partial charge in [-0.15, -0.1) is 0 Å². The molecular weight excluding hydrogens is 384 g/mol.